The number of hydrogen-bond donors (Lipinski definition) is 2. The number of hydrogen-bond acceptors (Lipinski definition) is 6. The minimum Gasteiger partial charge on any atom is -0.484 e. The Hall–Kier alpha value is -3.13. The predicted molar refractivity (Wildman–Crippen MR) is 97.7 cm³/mol. The summed E-state index contributed by atoms with van der Waals surface area (Å²) in [4.78, 5) is 23.4. The second kappa shape index (κ2) is 9.54. The topological polar surface area (TPSA) is 102 Å². The maximum Gasteiger partial charge on any atom is 0.307 e. The summed E-state index contributed by atoms with van der Waals surface area (Å²) >= 11 is 0. The fourth-order valence-electron chi connectivity index (χ4n) is 2.51. The average molecular weight is 371 g/mol. The molecule has 1 aliphatic heterocycles. The molecular formula is C19H21N3O5. The van der Waals surface area contributed by atoms with Gasteiger partial charge >= 0.3 is 5.91 Å². The standard InChI is InChI=1S/C19H21N3O5/c23-18(20-12-16-3-1-9-25-16)13-27-15-7-5-14(6-8-15)11-21-22-19(24)17-4-2-10-26-17/h2,4-8,10-11,16H,1,3,9,12-13H2,(H,20,23)(H,22,24)/b21-11+/t16-/m0/s1. The number of carbonyl (C=O) groups excluding carboxylic acids is 2. The van der Waals surface area contributed by atoms with Crippen LogP contribution in [0.2, 0.25) is 0 Å². The van der Waals surface area contributed by atoms with E-state index in [1.165, 1.54) is 12.5 Å². The van der Waals surface area contributed by atoms with Crippen LogP contribution in [0.4, 0.5) is 0 Å². The van der Waals surface area contributed by atoms with Crippen molar-refractivity contribution in [3.63, 3.8) is 0 Å². The lowest BCUT2D eigenvalue weighted by Gasteiger charge is -2.11. The monoisotopic (exact) mass is 371 g/mol. The molecule has 27 heavy (non-hydrogen) atoms. The first-order chi connectivity index (χ1) is 13.2. The summed E-state index contributed by atoms with van der Waals surface area (Å²) in [7, 11) is 0. The van der Waals surface area contributed by atoms with Gasteiger partial charge in [0, 0.05) is 13.2 Å². The molecule has 2 amide bonds. The summed E-state index contributed by atoms with van der Waals surface area (Å²) < 4.78 is 15.9. The second-order valence-corrected chi connectivity index (χ2v) is 5.97. The lowest BCUT2D eigenvalue weighted by Crippen LogP contribution is -2.35. The summed E-state index contributed by atoms with van der Waals surface area (Å²) in [6.07, 6.45) is 5.05. The number of furan rings is 1. The van der Waals surface area contributed by atoms with Crippen molar-refractivity contribution in [1.82, 2.24) is 10.7 Å². The highest BCUT2D eigenvalue weighted by molar-refractivity contribution is 5.92. The van der Waals surface area contributed by atoms with E-state index in [9.17, 15) is 9.59 Å². The molecule has 1 aliphatic rings. The van der Waals surface area contributed by atoms with Gasteiger partial charge in [-0.3, -0.25) is 9.59 Å². The quantitative estimate of drug-likeness (QED) is 0.543. The Balaban J connectivity index is 1.38. The Bertz CT molecular complexity index is 765. The van der Waals surface area contributed by atoms with Crippen LogP contribution in [0.15, 0.2) is 52.2 Å². The highest BCUT2D eigenvalue weighted by Crippen LogP contribution is 2.12. The molecule has 0 bridgehead atoms. The summed E-state index contributed by atoms with van der Waals surface area (Å²) in [5, 5.41) is 6.66. The first-order valence-electron chi connectivity index (χ1n) is 8.69. The van der Waals surface area contributed by atoms with E-state index in [1.807, 2.05) is 0 Å². The number of rotatable bonds is 8. The minimum absolute atomic E-state index is 0.0562. The first-order valence-corrected chi connectivity index (χ1v) is 8.69. The van der Waals surface area contributed by atoms with Crippen LogP contribution in [-0.4, -0.2) is 43.9 Å². The van der Waals surface area contributed by atoms with Crippen molar-refractivity contribution in [3.05, 3.63) is 54.0 Å². The molecule has 0 aliphatic carbocycles. The smallest absolute Gasteiger partial charge is 0.307 e. The van der Waals surface area contributed by atoms with Crippen molar-refractivity contribution in [1.29, 1.82) is 0 Å². The van der Waals surface area contributed by atoms with Crippen LogP contribution in [0.1, 0.15) is 29.0 Å². The van der Waals surface area contributed by atoms with Crippen LogP contribution in [0.5, 0.6) is 5.75 Å². The summed E-state index contributed by atoms with van der Waals surface area (Å²) in [5.74, 6) is 0.148. The second-order valence-electron chi connectivity index (χ2n) is 5.97. The number of benzene rings is 1. The molecule has 2 aromatic rings. The molecule has 0 radical (unpaired) electrons. The van der Waals surface area contributed by atoms with E-state index in [1.54, 1.807) is 36.4 Å². The Morgan fingerprint density at radius 1 is 1.26 bits per heavy atom. The number of nitrogens with one attached hydrogen (secondary N) is 2. The molecule has 0 saturated carbocycles. The third-order valence-corrected chi connectivity index (χ3v) is 3.93. The molecule has 0 spiro atoms. The zero-order valence-corrected chi connectivity index (χ0v) is 14.7. The Morgan fingerprint density at radius 2 is 2.11 bits per heavy atom. The van der Waals surface area contributed by atoms with Gasteiger partial charge < -0.3 is 19.2 Å². The van der Waals surface area contributed by atoms with Gasteiger partial charge in [-0.05, 0) is 54.8 Å². The normalized spacial score (nSPS) is 16.4. The van der Waals surface area contributed by atoms with Crippen molar-refractivity contribution in [2.45, 2.75) is 18.9 Å². The van der Waals surface area contributed by atoms with Crippen molar-refractivity contribution >= 4 is 18.0 Å². The maximum absolute atomic E-state index is 11.8. The zero-order chi connectivity index (χ0) is 18.9. The number of ether oxygens (including phenoxy) is 2. The predicted octanol–water partition coefficient (Wildman–Crippen LogP) is 1.72. The van der Waals surface area contributed by atoms with Crippen molar-refractivity contribution in [3.8, 4) is 5.75 Å². The van der Waals surface area contributed by atoms with Crippen LogP contribution in [0.3, 0.4) is 0 Å². The van der Waals surface area contributed by atoms with Crippen LogP contribution < -0.4 is 15.5 Å². The molecule has 2 heterocycles. The molecule has 8 heteroatoms. The fourth-order valence-corrected chi connectivity index (χ4v) is 2.51. The molecule has 1 atom stereocenters. The zero-order valence-electron chi connectivity index (χ0n) is 14.7. The first kappa shape index (κ1) is 18.7. The van der Waals surface area contributed by atoms with Crippen molar-refractivity contribution < 1.29 is 23.5 Å². The summed E-state index contributed by atoms with van der Waals surface area (Å²) in [6.45, 7) is 1.22. The number of nitrogens with zero attached hydrogens (tertiary/aromatic N) is 1. The fraction of sp³-hybridized carbons (Fsp3) is 0.316. The minimum atomic E-state index is -0.426. The van der Waals surface area contributed by atoms with Crippen molar-refractivity contribution in [2.75, 3.05) is 19.8 Å². The molecule has 142 valence electrons. The number of hydrazone groups is 1. The molecule has 3 rings (SSSR count). The third kappa shape index (κ3) is 5.96. The Morgan fingerprint density at radius 3 is 2.81 bits per heavy atom. The maximum atomic E-state index is 11.8. The van der Waals surface area contributed by atoms with Gasteiger partial charge in [-0.2, -0.15) is 5.10 Å². The highest BCUT2D eigenvalue weighted by Gasteiger charge is 2.16. The molecule has 1 aromatic heterocycles. The van der Waals surface area contributed by atoms with Crippen LogP contribution >= 0.6 is 0 Å². The van der Waals surface area contributed by atoms with Gasteiger partial charge in [0.1, 0.15) is 5.75 Å². The lowest BCUT2D eigenvalue weighted by molar-refractivity contribution is -0.123. The lowest BCUT2D eigenvalue weighted by atomic mass is 10.2. The van der Waals surface area contributed by atoms with Crippen LogP contribution in [0, 0.1) is 0 Å². The van der Waals surface area contributed by atoms with E-state index in [0.29, 0.717) is 12.3 Å². The van der Waals surface area contributed by atoms with E-state index in [0.717, 1.165) is 25.0 Å². The van der Waals surface area contributed by atoms with Gasteiger partial charge in [0.25, 0.3) is 5.91 Å². The number of amides is 2. The molecule has 1 saturated heterocycles. The van der Waals surface area contributed by atoms with E-state index < -0.39 is 5.91 Å². The molecule has 0 unspecified atom stereocenters. The van der Waals surface area contributed by atoms with Gasteiger partial charge in [-0.25, -0.2) is 5.43 Å². The average Bonchev–Trinajstić information content (AvgIpc) is 3.39. The highest BCUT2D eigenvalue weighted by atomic mass is 16.5. The van der Waals surface area contributed by atoms with E-state index in [4.69, 9.17) is 13.9 Å². The van der Waals surface area contributed by atoms with Gasteiger partial charge in [0.2, 0.25) is 0 Å². The largest absolute Gasteiger partial charge is 0.484 e. The molecular weight excluding hydrogens is 350 g/mol. The molecule has 2 N–H and O–H groups in total. The molecule has 8 nitrogen and oxygen atoms in total. The summed E-state index contributed by atoms with van der Waals surface area (Å²) in [5.41, 5.74) is 3.14. The van der Waals surface area contributed by atoms with Gasteiger partial charge in [-0.1, -0.05) is 0 Å². The van der Waals surface area contributed by atoms with Crippen molar-refractivity contribution in [2.24, 2.45) is 5.10 Å². The van der Waals surface area contributed by atoms with Gasteiger partial charge in [0.15, 0.2) is 12.4 Å². The molecule has 1 aromatic carbocycles. The van der Waals surface area contributed by atoms with Crippen LogP contribution in [-0.2, 0) is 9.53 Å². The van der Waals surface area contributed by atoms with Gasteiger partial charge in [-0.15, -0.1) is 0 Å². The van der Waals surface area contributed by atoms with E-state index in [2.05, 4.69) is 15.8 Å². The Kier molecular flexibility index (Phi) is 6.59. The molecule has 1 fully saturated rings. The van der Waals surface area contributed by atoms with E-state index in [-0.39, 0.29) is 24.4 Å². The third-order valence-electron chi connectivity index (χ3n) is 3.93. The van der Waals surface area contributed by atoms with E-state index >= 15 is 0 Å². The summed E-state index contributed by atoms with van der Waals surface area (Å²) in [6, 6.07) is 10.2. The van der Waals surface area contributed by atoms with Crippen LogP contribution in [0.25, 0.3) is 0 Å². The van der Waals surface area contributed by atoms with Gasteiger partial charge in [0.05, 0.1) is 18.6 Å². The Labute approximate surface area is 156 Å². The SMILES string of the molecule is O=C(COc1ccc(/C=N/NC(=O)c2ccco2)cc1)NC[C@@H]1CCCO1. The number of carbonyl (C=O) groups is 2.